The molecule has 0 amide bonds. The van der Waals surface area contributed by atoms with Crippen LogP contribution in [-0.2, 0) is 25.7 Å². The van der Waals surface area contributed by atoms with Gasteiger partial charge in [0.15, 0.2) is 0 Å². The van der Waals surface area contributed by atoms with Crippen LogP contribution in [0.1, 0.15) is 35.3 Å². The number of nitrogens with zero attached hydrogens (tertiary/aromatic N) is 2. The smallest absolute Gasteiger partial charge is 0.133 e. The van der Waals surface area contributed by atoms with E-state index in [-0.39, 0.29) is 12.4 Å². The van der Waals surface area contributed by atoms with E-state index in [1.54, 1.807) is 0 Å². The average Bonchev–Trinajstić information content (AvgIpc) is 2.73. The van der Waals surface area contributed by atoms with E-state index in [1.807, 2.05) is 6.07 Å². The third kappa shape index (κ3) is 3.80. The fourth-order valence-corrected chi connectivity index (χ4v) is 2.83. The summed E-state index contributed by atoms with van der Waals surface area (Å²) in [5.74, 6) is 0.966. The largest absolute Gasteiger partial charge is 0.316 e. The summed E-state index contributed by atoms with van der Waals surface area (Å²) in [6, 6.07) is 10.5. The van der Waals surface area contributed by atoms with E-state index in [1.165, 1.54) is 22.5 Å². The van der Waals surface area contributed by atoms with Crippen molar-refractivity contribution in [1.29, 1.82) is 0 Å². The first kappa shape index (κ1) is 15.9. The Morgan fingerprint density at radius 1 is 1.05 bits per heavy atom. The van der Waals surface area contributed by atoms with E-state index in [2.05, 4.69) is 36.5 Å². The highest BCUT2D eigenvalue weighted by Gasteiger charge is 2.15. The van der Waals surface area contributed by atoms with Crippen molar-refractivity contribution in [2.45, 2.75) is 32.6 Å². The minimum Gasteiger partial charge on any atom is -0.316 e. The standard InChI is InChI=1S/C17H21N3.ClH/c1-2-15-14-8-10-18-11-9-16(14)20-17(19-15)12-13-6-4-3-5-7-13;/h3-7,18H,2,8-12H2,1H3;1H. The van der Waals surface area contributed by atoms with Crippen LogP contribution in [0.5, 0.6) is 0 Å². The quantitative estimate of drug-likeness (QED) is 0.947. The molecule has 0 saturated heterocycles. The number of rotatable bonds is 3. The molecule has 3 nitrogen and oxygen atoms in total. The topological polar surface area (TPSA) is 37.8 Å². The van der Waals surface area contributed by atoms with Crippen LogP contribution in [0.2, 0.25) is 0 Å². The molecule has 1 aromatic heterocycles. The molecule has 112 valence electrons. The number of aromatic nitrogens is 2. The zero-order valence-electron chi connectivity index (χ0n) is 12.4. The Kier molecular flexibility index (Phi) is 5.71. The second kappa shape index (κ2) is 7.53. The lowest BCUT2D eigenvalue weighted by Gasteiger charge is -2.12. The Bertz CT molecular complexity index is 584. The molecule has 1 N–H and O–H groups in total. The number of aryl methyl sites for hydroxylation is 1. The Morgan fingerprint density at radius 2 is 1.81 bits per heavy atom. The summed E-state index contributed by atoms with van der Waals surface area (Å²) in [6.07, 6.45) is 3.90. The van der Waals surface area contributed by atoms with Gasteiger partial charge in [0.2, 0.25) is 0 Å². The van der Waals surface area contributed by atoms with Crippen molar-refractivity contribution in [2.24, 2.45) is 0 Å². The highest BCUT2D eigenvalue weighted by Crippen LogP contribution is 2.17. The maximum absolute atomic E-state index is 4.83. The van der Waals surface area contributed by atoms with Gasteiger partial charge in [0, 0.05) is 30.8 Å². The van der Waals surface area contributed by atoms with E-state index < -0.39 is 0 Å². The second-order valence-corrected chi connectivity index (χ2v) is 5.28. The van der Waals surface area contributed by atoms with Gasteiger partial charge in [-0.05, 0) is 30.5 Å². The summed E-state index contributed by atoms with van der Waals surface area (Å²) in [7, 11) is 0. The summed E-state index contributed by atoms with van der Waals surface area (Å²) in [5.41, 5.74) is 5.16. The van der Waals surface area contributed by atoms with E-state index >= 15 is 0 Å². The van der Waals surface area contributed by atoms with Gasteiger partial charge in [-0.2, -0.15) is 0 Å². The highest BCUT2D eigenvalue weighted by molar-refractivity contribution is 5.85. The molecule has 0 atom stereocenters. The van der Waals surface area contributed by atoms with Crippen LogP contribution >= 0.6 is 12.4 Å². The number of halogens is 1. The molecule has 0 radical (unpaired) electrons. The van der Waals surface area contributed by atoms with Gasteiger partial charge >= 0.3 is 0 Å². The number of hydrogen-bond donors (Lipinski definition) is 1. The van der Waals surface area contributed by atoms with E-state index in [9.17, 15) is 0 Å². The lowest BCUT2D eigenvalue weighted by molar-refractivity contribution is 0.707. The predicted octanol–water partition coefficient (Wildman–Crippen LogP) is 2.74. The monoisotopic (exact) mass is 303 g/mol. The van der Waals surface area contributed by atoms with Crippen molar-refractivity contribution in [3.8, 4) is 0 Å². The van der Waals surface area contributed by atoms with Crippen LogP contribution < -0.4 is 5.32 Å². The van der Waals surface area contributed by atoms with E-state index in [0.717, 1.165) is 44.6 Å². The van der Waals surface area contributed by atoms with Gasteiger partial charge in [0.05, 0.1) is 0 Å². The van der Waals surface area contributed by atoms with Crippen molar-refractivity contribution in [1.82, 2.24) is 15.3 Å². The first-order valence-corrected chi connectivity index (χ1v) is 7.49. The molecular weight excluding hydrogens is 282 g/mol. The third-order valence-electron chi connectivity index (χ3n) is 3.86. The summed E-state index contributed by atoms with van der Waals surface area (Å²) >= 11 is 0. The molecule has 3 rings (SSSR count). The summed E-state index contributed by atoms with van der Waals surface area (Å²) in [6.45, 7) is 4.26. The molecule has 4 heteroatoms. The van der Waals surface area contributed by atoms with Crippen molar-refractivity contribution in [2.75, 3.05) is 13.1 Å². The first-order valence-electron chi connectivity index (χ1n) is 7.49. The lowest BCUT2D eigenvalue weighted by Crippen LogP contribution is -2.16. The highest BCUT2D eigenvalue weighted by atomic mass is 35.5. The maximum atomic E-state index is 4.83. The number of hydrogen-bond acceptors (Lipinski definition) is 3. The fourth-order valence-electron chi connectivity index (χ4n) is 2.83. The SMILES string of the molecule is CCc1nc(Cc2ccccc2)nc2c1CCNCC2.Cl. The molecule has 0 saturated carbocycles. The number of fused-ring (bicyclic) bond motifs is 1. The summed E-state index contributed by atoms with van der Waals surface area (Å²) in [5, 5.41) is 3.45. The van der Waals surface area contributed by atoms with Gasteiger partial charge in [-0.3, -0.25) is 0 Å². The van der Waals surface area contributed by atoms with Crippen LogP contribution in [0.15, 0.2) is 30.3 Å². The van der Waals surface area contributed by atoms with Crippen molar-refractivity contribution in [3.05, 3.63) is 58.7 Å². The van der Waals surface area contributed by atoms with Gasteiger partial charge < -0.3 is 5.32 Å². The maximum Gasteiger partial charge on any atom is 0.133 e. The van der Waals surface area contributed by atoms with E-state index in [0.29, 0.717) is 0 Å². The van der Waals surface area contributed by atoms with Crippen LogP contribution in [0.25, 0.3) is 0 Å². The predicted molar refractivity (Wildman–Crippen MR) is 88.2 cm³/mol. The first-order chi connectivity index (χ1) is 9.86. The normalized spacial score (nSPS) is 14.0. The van der Waals surface area contributed by atoms with Crippen molar-refractivity contribution >= 4 is 12.4 Å². The Morgan fingerprint density at radius 3 is 2.57 bits per heavy atom. The molecule has 21 heavy (non-hydrogen) atoms. The fraction of sp³-hybridized carbons (Fsp3) is 0.412. The van der Waals surface area contributed by atoms with Gasteiger partial charge in [0.1, 0.15) is 5.82 Å². The molecule has 2 heterocycles. The minimum atomic E-state index is 0. The van der Waals surface area contributed by atoms with Crippen LogP contribution in [0, 0.1) is 0 Å². The van der Waals surface area contributed by atoms with Crippen molar-refractivity contribution in [3.63, 3.8) is 0 Å². The zero-order valence-corrected chi connectivity index (χ0v) is 13.2. The van der Waals surface area contributed by atoms with Crippen molar-refractivity contribution < 1.29 is 0 Å². The zero-order chi connectivity index (χ0) is 13.8. The average molecular weight is 304 g/mol. The molecule has 1 aromatic carbocycles. The Labute approximate surface area is 132 Å². The number of nitrogens with one attached hydrogen (secondary N) is 1. The minimum absolute atomic E-state index is 0. The number of benzene rings is 1. The van der Waals surface area contributed by atoms with Gasteiger partial charge in [-0.15, -0.1) is 12.4 Å². The molecule has 0 spiro atoms. The molecule has 2 aromatic rings. The molecule has 0 fully saturated rings. The van der Waals surface area contributed by atoms with E-state index in [4.69, 9.17) is 9.97 Å². The molecule has 0 aliphatic carbocycles. The third-order valence-corrected chi connectivity index (χ3v) is 3.86. The van der Waals surface area contributed by atoms with Gasteiger partial charge in [0.25, 0.3) is 0 Å². The molecular formula is C17H22ClN3. The molecule has 0 bridgehead atoms. The van der Waals surface area contributed by atoms with Crippen LogP contribution in [0.3, 0.4) is 0 Å². The lowest BCUT2D eigenvalue weighted by atomic mass is 10.0. The molecule has 1 aliphatic rings. The van der Waals surface area contributed by atoms with Gasteiger partial charge in [-0.1, -0.05) is 37.3 Å². The summed E-state index contributed by atoms with van der Waals surface area (Å²) in [4.78, 5) is 9.63. The molecule has 1 aliphatic heterocycles. The second-order valence-electron chi connectivity index (χ2n) is 5.28. The molecule has 0 unspecified atom stereocenters. The Balaban J connectivity index is 0.00000161. The Hall–Kier alpha value is -1.45. The van der Waals surface area contributed by atoms with Crippen LogP contribution in [-0.4, -0.2) is 23.1 Å². The van der Waals surface area contributed by atoms with Crippen LogP contribution in [0.4, 0.5) is 0 Å². The van der Waals surface area contributed by atoms with Gasteiger partial charge in [-0.25, -0.2) is 9.97 Å². The summed E-state index contributed by atoms with van der Waals surface area (Å²) < 4.78 is 0.